The van der Waals surface area contributed by atoms with Crippen molar-refractivity contribution in [1.82, 2.24) is 9.62 Å². The highest BCUT2D eigenvalue weighted by atomic mass is 32.2. The van der Waals surface area contributed by atoms with Gasteiger partial charge in [-0.15, -0.1) is 0 Å². The van der Waals surface area contributed by atoms with Crippen molar-refractivity contribution in [3.63, 3.8) is 0 Å². The second-order valence-electron chi connectivity index (χ2n) is 5.33. The summed E-state index contributed by atoms with van der Waals surface area (Å²) in [4.78, 5) is 1.62. The maximum absolute atomic E-state index is 13.6. The Morgan fingerprint density at radius 1 is 1.38 bits per heavy atom. The second-order valence-corrected chi connectivity index (χ2v) is 7.06. The van der Waals surface area contributed by atoms with Crippen LogP contribution in [0.4, 0.5) is 8.78 Å². The van der Waals surface area contributed by atoms with Crippen LogP contribution in [0.5, 0.6) is 0 Å². The van der Waals surface area contributed by atoms with E-state index < -0.39 is 26.6 Å². The molecule has 1 heterocycles. The summed E-state index contributed by atoms with van der Waals surface area (Å²) in [5.74, 6) is -1.51. The Bertz CT molecular complexity index is 593. The first-order valence-electron chi connectivity index (χ1n) is 7.09. The number of piperidine rings is 1. The van der Waals surface area contributed by atoms with Crippen molar-refractivity contribution < 1.29 is 17.2 Å². The molecule has 1 aromatic carbocycles. The van der Waals surface area contributed by atoms with Gasteiger partial charge in [0.2, 0.25) is 10.0 Å². The van der Waals surface area contributed by atoms with E-state index in [0.717, 1.165) is 44.6 Å². The summed E-state index contributed by atoms with van der Waals surface area (Å²) in [5.41, 5.74) is 0. The molecule has 1 fully saturated rings. The zero-order valence-electron chi connectivity index (χ0n) is 12.0. The van der Waals surface area contributed by atoms with Gasteiger partial charge in [0.15, 0.2) is 0 Å². The van der Waals surface area contributed by atoms with Crippen molar-refractivity contribution in [3.8, 4) is 0 Å². The van der Waals surface area contributed by atoms with Gasteiger partial charge in [0.1, 0.15) is 16.5 Å². The van der Waals surface area contributed by atoms with E-state index in [1.165, 1.54) is 0 Å². The van der Waals surface area contributed by atoms with E-state index in [4.69, 9.17) is 0 Å². The third kappa shape index (κ3) is 4.21. The fourth-order valence-electron chi connectivity index (χ4n) is 2.59. The van der Waals surface area contributed by atoms with Crippen LogP contribution in [0.25, 0.3) is 0 Å². The third-order valence-electron chi connectivity index (χ3n) is 3.80. The van der Waals surface area contributed by atoms with Crippen molar-refractivity contribution in [3.05, 3.63) is 29.8 Å². The molecule has 1 atom stereocenters. The van der Waals surface area contributed by atoms with Gasteiger partial charge in [0, 0.05) is 13.1 Å². The van der Waals surface area contributed by atoms with Crippen LogP contribution >= 0.6 is 0 Å². The van der Waals surface area contributed by atoms with Crippen molar-refractivity contribution in [2.75, 3.05) is 26.2 Å². The molecule has 1 saturated heterocycles. The standard InChI is InChI=1S/C14H20F2N2O2S/c1-2-18-7-3-4-11(10-18)9-17-21(19,20)14-8-12(15)5-6-13(14)16/h5-6,8,11,17H,2-4,7,9-10H2,1H3/t11-/m0/s1. The summed E-state index contributed by atoms with van der Waals surface area (Å²) in [7, 11) is -4.02. The Hall–Kier alpha value is -1.05. The molecule has 2 rings (SSSR count). The lowest BCUT2D eigenvalue weighted by Crippen LogP contribution is -2.40. The number of benzene rings is 1. The zero-order valence-corrected chi connectivity index (χ0v) is 12.8. The lowest BCUT2D eigenvalue weighted by atomic mass is 9.98. The molecule has 1 aromatic rings. The smallest absolute Gasteiger partial charge is 0.243 e. The van der Waals surface area contributed by atoms with Crippen molar-refractivity contribution in [2.24, 2.45) is 5.92 Å². The molecule has 0 aromatic heterocycles. The predicted molar refractivity (Wildman–Crippen MR) is 76.4 cm³/mol. The number of hydrogen-bond acceptors (Lipinski definition) is 3. The quantitative estimate of drug-likeness (QED) is 0.903. The molecule has 0 amide bonds. The third-order valence-corrected chi connectivity index (χ3v) is 5.23. The maximum Gasteiger partial charge on any atom is 0.243 e. The van der Waals surface area contributed by atoms with Crippen LogP contribution in [0.2, 0.25) is 0 Å². The first-order chi connectivity index (χ1) is 9.92. The van der Waals surface area contributed by atoms with Gasteiger partial charge in [0.25, 0.3) is 0 Å². The van der Waals surface area contributed by atoms with E-state index in [2.05, 4.69) is 16.5 Å². The molecular formula is C14H20F2N2O2S. The molecule has 21 heavy (non-hydrogen) atoms. The van der Waals surface area contributed by atoms with E-state index in [1.54, 1.807) is 0 Å². The minimum absolute atomic E-state index is 0.199. The Balaban J connectivity index is 2.03. The summed E-state index contributed by atoms with van der Waals surface area (Å²) in [6.45, 7) is 5.09. The van der Waals surface area contributed by atoms with Crippen LogP contribution in [0.3, 0.4) is 0 Å². The fourth-order valence-corrected chi connectivity index (χ4v) is 3.80. The molecule has 0 aliphatic carbocycles. The molecule has 1 aliphatic rings. The zero-order chi connectivity index (χ0) is 15.5. The van der Waals surface area contributed by atoms with Gasteiger partial charge in [-0.3, -0.25) is 0 Å². The number of nitrogens with zero attached hydrogens (tertiary/aromatic N) is 1. The molecule has 1 aliphatic heterocycles. The molecule has 0 saturated carbocycles. The summed E-state index contributed by atoms with van der Waals surface area (Å²) < 4.78 is 53.2. The molecule has 118 valence electrons. The van der Waals surface area contributed by atoms with Crippen LogP contribution in [-0.4, -0.2) is 39.5 Å². The predicted octanol–water partition coefficient (Wildman–Crippen LogP) is 1.97. The molecule has 0 spiro atoms. The van der Waals surface area contributed by atoms with E-state index in [9.17, 15) is 17.2 Å². The first-order valence-corrected chi connectivity index (χ1v) is 8.57. The van der Waals surface area contributed by atoms with E-state index in [0.29, 0.717) is 6.07 Å². The molecule has 0 radical (unpaired) electrons. The van der Waals surface area contributed by atoms with Gasteiger partial charge in [-0.1, -0.05) is 6.92 Å². The van der Waals surface area contributed by atoms with Gasteiger partial charge >= 0.3 is 0 Å². The SMILES string of the molecule is CCN1CCC[C@@H](CNS(=O)(=O)c2cc(F)ccc2F)C1. The second kappa shape index (κ2) is 6.81. The molecule has 0 unspecified atom stereocenters. The lowest BCUT2D eigenvalue weighted by molar-refractivity contribution is 0.184. The number of hydrogen-bond donors (Lipinski definition) is 1. The van der Waals surface area contributed by atoms with Gasteiger partial charge in [-0.25, -0.2) is 21.9 Å². The molecule has 1 N–H and O–H groups in total. The maximum atomic E-state index is 13.6. The van der Waals surface area contributed by atoms with Crippen LogP contribution < -0.4 is 4.72 Å². The number of sulfonamides is 1. The van der Waals surface area contributed by atoms with Crippen molar-refractivity contribution in [1.29, 1.82) is 0 Å². The minimum atomic E-state index is -4.02. The monoisotopic (exact) mass is 318 g/mol. The molecular weight excluding hydrogens is 298 g/mol. The van der Waals surface area contributed by atoms with E-state index in [-0.39, 0.29) is 12.5 Å². The average molecular weight is 318 g/mol. The normalized spacial score (nSPS) is 20.6. The van der Waals surface area contributed by atoms with E-state index in [1.807, 2.05) is 0 Å². The van der Waals surface area contributed by atoms with Crippen LogP contribution in [0.1, 0.15) is 19.8 Å². The topological polar surface area (TPSA) is 49.4 Å². The van der Waals surface area contributed by atoms with Gasteiger partial charge in [-0.05, 0) is 50.0 Å². The lowest BCUT2D eigenvalue weighted by Gasteiger charge is -2.31. The molecule has 0 bridgehead atoms. The highest BCUT2D eigenvalue weighted by molar-refractivity contribution is 7.89. The Morgan fingerprint density at radius 2 is 2.14 bits per heavy atom. The molecule has 7 heteroatoms. The van der Waals surface area contributed by atoms with Crippen LogP contribution in [-0.2, 0) is 10.0 Å². The Morgan fingerprint density at radius 3 is 2.86 bits per heavy atom. The highest BCUT2D eigenvalue weighted by Gasteiger charge is 2.24. The Kier molecular flexibility index (Phi) is 5.29. The van der Waals surface area contributed by atoms with Crippen LogP contribution in [0.15, 0.2) is 23.1 Å². The van der Waals surface area contributed by atoms with E-state index >= 15 is 0 Å². The van der Waals surface area contributed by atoms with Gasteiger partial charge in [-0.2, -0.15) is 0 Å². The Labute approximate surface area is 124 Å². The largest absolute Gasteiger partial charge is 0.303 e. The first kappa shape index (κ1) is 16.3. The summed E-state index contributed by atoms with van der Waals surface area (Å²) in [6.07, 6.45) is 1.96. The highest BCUT2D eigenvalue weighted by Crippen LogP contribution is 2.18. The van der Waals surface area contributed by atoms with Gasteiger partial charge < -0.3 is 4.90 Å². The minimum Gasteiger partial charge on any atom is -0.303 e. The van der Waals surface area contributed by atoms with Crippen molar-refractivity contribution in [2.45, 2.75) is 24.7 Å². The summed E-state index contributed by atoms with van der Waals surface area (Å²) in [6, 6.07) is 2.43. The van der Waals surface area contributed by atoms with Gasteiger partial charge in [0.05, 0.1) is 0 Å². The summed E-state index contributed by atoms with van der Waals surface area (Å²) >= 11 is 0. The summed E-state index contributed by atoms with van der Waals surface area (Å²) in [5, 5.41) is 0. The average Bonchev–Trinajstić information content (AvgIpc) is 2.48. The van der Waals surface area contributed by atoms with Crippen LogP contribution in [0, 0.1) is 17.6 Å². The fraction of sp³-hybridized carbons (Fsp3) is 0.571. The molecule has 4 nitrogen and oxygen atoms in total. The van der Waals surface area contributed by atoms with Crippen molar-refractivity contribution >= 4 is 10.0 Å². The number of halogens is 2. The number of likely N-dealkylation sites (tertiary alicyclic amines) is 1. The number of rotatable bonds is 5. The number of nitrogens with one attached hydrogen (secondary N) is 1.